The number of sulfonamides is 1. The molecule has 0 spiro atoms. The lowest BCUT2D eigenvalue weighted by Gasteiger charge is -2.11. The second-order valence-corrected chi connectivity index (χ2v) is 5.36. The zero-order chi connectivity index (χ0) is 15.8. The summed E-state index contributed by atoms with van der Waals surface area (Å²) in [5.41, 5.74) is -0.158. The van der Waals surface area contributed by atoms with Crippen molar-refractivity contribution < 1.29 is 30.4 Å². The molecule has 0 atom stereocenters. The van der Waals surface area contributed by atoms with Gasteiger partial charge in [0.25, 0.3) is 10.0 Å². The fourth-order valence-corrected chi connectivity index (χ4v) is 2.65. The highest BCUT2D eigenvalue weighted by Crippen LogP contribution is 2.27. The van der Waals surface area contributed by atoms with Gasteiger partial charge in [-0.15, -0.1) is 0 Å². The first-order chi connectivity index (χ1) is 9.75. The van der Waals surface area contributed by atoms with Crippen LogP contribution in [0, 0.1) is 29.1 Å². The fourth-order valence-electron chi connectivity index (χ4n) is 1.45. The van der Waals surface area contributed by atoms with Crippen molar-refractivity contribution in [2.75, 3.05) is 4.72 Å². The molecule has 0 aliphatic rings. The third-order valence-electron chi connectivity index (χ3n) is 2.37. The van der Waals surface area contributed by atoms with Crippen molar-refractivity contribution in [1.82, 2.24) is 4.98 Å². The molecule has 0 unspecified atom stereocenters. The number of rotatable bonds is 3. The number of nitrogens with one attached hydrogen (secondary N) is 1. The standard InChI is InChI=1S/C11H5F5N2O2S/c12-6-7(13)9(15)11(10(16)8(6)14)21(19,20)18-5-1-3-17-4-2-5/h1-4H,(H,17,18). The lowest BCUT2D eigenvalue weighted by molar-refractivity contribution is 0.358. The Morgan fingerprint density at radius 3 is 1.71 bits per heavy atom. The number of aromatic nitrogens is 1. The first-order valence-corrected chi connectivity index (χ1v) is 6.68. The maximum atomic E-state index is 13.4. The Morgan fingerprint density at radius 2 is 1.24 bits per heavy atom. The topological polar surface area (TPSA) is 59.1 Å². The van der Waals surface area contributed by atoms with E-state index < -0.39 is 44.0 Å². The molecule has 10 heteroatoms. The summed E-state index contributed by atoms with van der Waals surface area (Å²) in [5, 5.41) is 0. The molecular formula is C11H5F5N2O2S. The van der Waals surface area contributed by atoms with Gasteiger partial charge in [0.05, 0.1) is 5.69 Å². The minimum atomic E-state index is -5.01. The molecule has 0 radical (unpaired) electrons. The minimum absolute atomic E-state index is 0.158. The van der Waals surface area contributed by atoms with Gasteiger partial charge in [-0.2, -0.15) is 0 Å². The molecule has 1 N–H and O–H groups in total. The molecule has 0 aliphatic heterocycles. The maximum absolute atomic E-state index is 13.4. The Kier molecular flexibility index (Phi) is 3.81. The van der Waals surface area contributed by atoms with E-state index in [9.17, 15) is 30.4 Å². The average molecular weight is 324 g/mol. The van der Waals surface area contributed by atoms with Crippen molar-refractivity contribution in [1.29, 1.82) is 0 Å². The van der Waals surface area contributed by atoms with Crippen LogP contribution < -0.4 is 4.72 Å². The van der Waals surface area contributed by atoms with E-state index in [0.29, 0.717) is 0 Å². The van der Waals surface area contributed by atoms with E-state index in [4.69, 9.17) is 0 Å². The van der Waals surface area contributed by atoms with E-state index in [0.717, 1.165) is 24.5 Å². The van der Waals surface area contributed by atoms with Gasteiger partial charge in [0.1, 0.15) is 0 Å². The number of halogens is 5. The van der Waals surface area contributed by atoms with Crippen molar-refractivity contribution in [3.8, 4) is 0 Å². The van der Waals surface area contributed by atoms with Gasteiger partial charge in [-0.25, -0.2) is 30.4 Å². The molecule has 21 heavy (non-hydrogen) atoms. The van der Waals surface area contributed by atoms with Crippen molar-refractivity contribution in [3.05, 3.63) is 53.6 Å². The van der Waals surface area contributed by atoms with Crippen LogP contribution in [-0.2, 0) is 10.0 Å². The van der Waals surface area contributed by atoms with E-state index >= 15 is 0 Å². The summed E-state index contributed by atoms with van der Waals surface area (Å²) in [6.45, 7) is 0. The maximum Gasteiger partial charge on any atom is 0.267 e. The van der Waals surface area contributed by atoms with Crippen LogP contribution in [0.5, 0.6) is 0 Å². The van der Waals surface area contributed by atoms with Crippen molar-refractivity contribution in [3.63, 3.8) is 0 Å². The van der Waals surface area contributed by atoms with Crippen LogP contribution in [-0.4, -0.2) is 13.4 Å². The molecule has 0 fully saturated rings. The smallest absolute Gasteiger partial charge is 0.267 e. The summed E-state index contributed by atoms with van der Waals surface area (Å²) in [5.74, 6) is -12.0. The van der Waals surface area contributed by atoms with Gasteiger partial charge in [-0.05, 0) is 12.1 Å². The molecule has 0 aliphatic carbocycles. The number of benzene rings is 1. The number of pyridine rings is 1. The third-order valence-corrected chi connectivity index (χ3v) is 3.77. The van der Waals surface area contributed by atoms with Crippen LogP contribution in [0.15, 0.2) is 29.4 Å². The highest BCUT2D eigenvalue weighted by atomic mass is 32.2. The van der Waals surface area contributed by atoms with Crippen molar-refractivity contribution in [2.45, 2.75) is 4.90 Å². The Labute approximate surface area is 115 Å². The van der Waals surface area contributed by atoms with Crippen LogP contribution in [0.2, 0.25) is 0 Å². The second kappa shape index (κ2) is 5.28. The number of nitrogens with zero attached hydrogens (tertiary/aromatic N) is 1. The summed E-state index contributed by atoms with van der Waals surface area (Å²) in [4.78, 5) is 1.62. The third kappa shape index (κ3) is 2.66. The van der Waals surface area contributed by atoms with Crippen LogP contribution in [0.25, 0.3) is 0 Å². The first-order valence-electron chi connectivity index (χ1n) is 5.20. The quantitative estimate of drug-likeness (QED) is 0.536. The van der Waals surface area contributed by atoms with Gasteiger partial charge in [-0.3, -0.25) is 9.71 Å². The highest BCUT2D eigenvalue weighted by molar-refractivity contribution is 7.92. The van der Waals surface area contributed by atoms with Gasteiger partial charge in [0, 0.05) is 12.4 Å². The highest BCUT2D eigenvalue weighted by Gasteiger charge is 2.33. The molecule has 2 rings (SSSR count). The van der Waals surface area contributed by atoms with Crippen LogP contribution in [0.3, 0.4) is 0 Å². The predicted molar refractivity (Wildman–Crippen MR) is 61.3 cm³/mol. The molecule has 0 amide bonds. The minimum Gasteiger partial charge on any atom is -0.279 e. The predicted octanol–water partition coefficient (Wildman–Crippen LogP) is 2.58. The average Bonchev–Trinajstić information content (AvgIpc) is 2.43. The van der Waals surface area contributed by atoms with Crippen LogP contribution in [0.1, 0.15) is 0 Å². The summed E-state index contributed by atoms with van der Waals surface area (Å²) < 4.78 is 91.0. The number of hydrogen-bond donors (Lipinski definition) is 1. The Bertz CT molecular complexity index is 767. The van der Waals surface area contributed by atoms with Gasteiger partial charge < -0.3 is 0 Å². The number of hydrogen-bond acceptors (Lipinski definition) is 3. The van der Waals surface area contributed by atoms with Gasteiger partial charge in [0.15, 0.2) is 28.2 Å². The largest absolute Gasteiger partial charge is 0.279 e. The molecule has 1 aromatic carbocycles. The summed E-state index contributed by atoms with van der Waals surface area (Å²) in [6.07, 6.45) is 2.33. The molecule has 112 valence electrons. The second-order valence-electron chi connectivity index (χ2n) is 3.74. The summed E-state index contributed by atoms with van der Waals surface area (Å²) in [7, 11) is -5.01. The molecule has 2 aromatic rings. The first kappa shape index (κ1) is 15.2. The molecule has 4 nitrogen and oxygen atoms in total. The van der Waals surface area contributed by atoms with Crippen LogP contribution >= 0.6 is 0 Å². The molecule has 0 saturated heterocycles. The van der Waals surface area contributed by atoms with E-state index in [2.05, 4.69) is 4.98 Å². The van der Waals surface area contributed by atoms with Crippen molar-refractivity contribution >= 4 is 15.7 Å². The Morgan fingerprint density at radius 1 is 0.810 bits per heavy atom. The van der Waals surface area contributed by atoms with E-state index in [1.807, 2.05) is 0 Å². The van der Waals surface area contributed by atoms with Crippen LogP contribution in [0.4, 0.5) is 27.6 Å². The van der Waals surface area contributed by atoms with Gasteiger partial charge >= 0.3 is 0 Å². The van der Waals surface area contributed by atoms with E-state index in [1.165, 1.54) is 0 Å². The monoisotopic (exact) mass is 324 g/mol. The normalized spacial score (nSPS) is 11.5. The van der Waals surface area contributed by atoms with Gasteiger partial charge in [-0.1, -0.05) is 0 Å². The molecule has 1 heterocycles. The lowest BCUT2D eigenvalue weighted by atomic mass is 10.3. The number of anilines is 1. The molecular weight excluding hydrogens is 319 g/mol. The molecule has 0 saturated carbocycles. The summed E-state index contributed by atoms with van der Waals surface area (Å²) in [6, 6.07) is 2.26. The zero-order valence-electron chi connectivity index (χ0n) is 9.87. The van der Waals surface area contributed by atoms with E-state index in [-0.39, 0.29) is 5.69 Å². The zero-order valence-corrected chi connectivity index (χ0v) is 10.7. The molecule has 1 aromatic heterocycles. The Hall–Kier alpha value is -2.23. The molecule has 0 bridgehead atoms. The fraction of sp³-hybridized carbons (Fsp3) is 0. The summed E-state index contributed by atoms with van der Waals surface area (Å²) >= 11 is 0. The van der Waals surface area contributed by atoms with Gasteiger partial charge in [0.2, 0.25) is 5.82 Å². The Balaban J connectivity index is 2.61. The van der Waals surface area contributed by atoms with E-state index in [1.54, 1.807) is 4.72 Å². The van der Waals surface area contributed by atoms with Crippen molar-refractivity contribution in [2.24, 2.45) is 0 Å². The SMILES string of the molecule is O=S(=O)(Nc1ccncc1)c1c(F)c(F)c(F)c(F)c1F. The lowest BCUT2D eigenvalue weighted by Crippen LogP contribution is -2.19.